The van der Waals surface area contributed by atoms with Crippen LogP contribution in [0.25, 0.3) is 0 Å². The molecule has 0 radical (unpaired) electrons. The van der Waals surface area contributed by atoms with Crippen LogP contribution in [0.4, 0.5) is 0 Å². The van der Waals surface area contributed by atoms with Crippen LogP contribution in [-0.4, -0.2) is 43.7 Å². The summed E-state index contributed by atoms with van der Waals surface area (Å²) >= 11 is 0. The molecule has 2 aromatic rings. The average Bonchev–Trinajstić information content (AvgIpc) is 2.96. The van der Waals surface area contributed by atoms with Gasteiger partial charge in [0, 0.05) is 0 Å². The van der Waals surface area contributed by atoms with Crippen molar-refractivity contribution in [2.45, 2.75) is 24.5 Å². The quantitative estimate of drug-likeness (QED) is 0.510. The SMILES string of the molecule is O=C1CC(c2cccc(OCCCCOc3cccc(O)c3C(=O)O)c2)S(=O)(=O)N1. The van der Waals surface area contributed by atoms with E-state index in [0.717, 1.165) is 0 Å². The third kappa shape index (κ3) is 5.01. The van der Waals surface area contributed by atoms with Gasteiger partial charge in [-0.2, -0.15) is 0 Å². The van der Waals surface area contributed by atoms with E-state index in [4.69, 9.17) is 14.6 Å². The fourth-order valence-electron chi connectivity index (χ4n) is 3.08. The molecule has 1 atom stereocenters. The molecule has 1 saturated heterocycles. The fraction of sp³-hybridized carbons (Fsp3) is 0.300. The van der Waals surface area contributed by atoms with Gasteiger partial charge in [-0.25, -0.2) is 13.2 Å². The molecule has 2 aromatic carbocycles. The molecule has 30 heavy (non-hydrogen) atoms. The van der Waals surface area contributed by atoms with Crippen molar-refractivity contribution in [2.24, 2.45) is 0 Å². The van der Waals surface area contributed by atoms with E-state index in [1.807, 2.05) is 4.72 Å². The second-order valence-corrected chi connectivity index (χ2v) is 8.56. The van der Waals surface area contributed by atoms with Crippen LogP contribution >= 0.6 is 0 Å². The monoisotopic (exact) mass is 435 g/mol. The Labute approximate surface area is 173 Å². The molecular formula is C20H21NO8S. The predicted molar refractivity (Wildman–Crippen MR) is 106 cm³/mol. The number of benzene rings is 2. The molecule has 1 fully saturated rings. The summed E-state index contributed by atoms with van der Waals surface area (Å²) in [7, 11) is -3.71. The molecule has 1 aliphatic rings. The summed E-state index contributed by atoms with van der Waals surface area (Å²) in [5.41, 5.74) is 0.208. The second-order valence-electron chi connectivity index (χ2n) is 6.69. The van der Waals surface area contributed by atoms with Gasteiger partial charge in [0.2, 0.25) is 15.9 Å². The van der Waals surface area contributed by atoms with E-state index < -0.39 is 27.1 Å². The number of carbonyl (C=O) groups is 2. The van der Waals surface area contributed by atoms with Crippen LogP contribution < -0.4 is 14.2 Å². The van der Waals surface area contributed by atoms with Crippen LogP contribution in [0.3, 0.4) is 0 Å². The Morgan fingerprint density at radius 1 is 1.10 bits per heavy atom. The number of carbonyl (C=O) groups excluding carboxylic acids is 1. The zero-order valence-electron chi connectivity index (χ0n) is 15.9. The number of carboxylic acid groups (broad SMARTS) is 1. The molecule has 0 spiro atoms. The molecule has 0 aromatic heterocycles. The topological polar surface area (TPSA) is 139 Å². The van der Waals surface area contributed by atoms with Crippen molar-refractivity contribution in [3.05, 3.63) is 53.6 Å². The van der Waals surface area contributed by atoms with Crippen molar-refractivity contribution < 1.29 is 37.7 Å². The van der Waals surface area contributed by atoms with E-state index in [-0.39, 0.29) is 30.1 Å². The molecular weight excluding hydrogens is 414 g/mol. The third-order valence-corrected chi connectivity index (χ3v) is 6.21. The lowest BCUT2D eigenvalue weighted by Crippen LogP contribution is -2.21. The van der Waals surface area contributed by atoms with Gasteiger partial charge in [0.25, 0.3) is 0 Å². The van der Waals surface area contributed by atoms with Crippen LogP contribution in [-0.2, 0) is 14.8 Å². The Morgan fingerprint density at radius 3 is 2.47 bits per heavy atom. The van der Waals surface area contributed by atoms with Gasteiger partial charge in [-0.15, -0.1) is 0 Å². The standard InChI is InChI=1S/C20H21NO8S/c22-15-7-4-8-16(19(15)20(24)25)29-10-2-1-9-28-14-6-3-5-13(11-14)17-12-18(23)21-30(17,26)27/h3-8,11,17,22H,1-2,9-10,12H2,(H,21,23)(H,24,25). The molecule has 0 bridgehead atoms. The summed E-state index contributed by atoms with van der Waals surface area (Å²) in [6, 6.07) is 10.9. The molecule has 1 aliphatic heterocycles. The van der Waals surface area contributed by atoms with Crippen molar-refractivity contribution in [1.82, 2.24) is 4.72 Å². The summed E-state index contributed by atoms with van der Waals surface area (Å²) in [4.78, 5) is 22.6. The Balaban J connectivity index is 1.48. The lowest BCUT2D eigenvalue weighted by atomic mass is 10.1. The number of phenols is 1. The first kappa shape index (κ1) is 21.4. The van der Waals surface area contributed by atoms with Crippen molar-refractivity contribution >= 4 is 21.9 Å². The Kier molecular flexibility index (Phi) is 6.46. The van der Waals surface area contributed by atoms with Crippen molar-refractivity contribution in [1.29, 1.82) is 0 Å². The van der Waals surface area contributed by atoms with Crippen LogP contribution in [0, 0.1) is 0 Å². The minimum Gasteiger partial charge on any atom is -0.507 e. The number of aromatic hydroxyl groups is 1. The van der Waals surface area contributed by atoms with E-state index >= 15 is 0 Å². The molecule has 0 aliphatic carbocycles. The summed E-state index contributed by atoms with van der Waals surface area (Å²) in [6.45, 7) is 0.578. The largest absolute Gasteiger partial charge is 0.507 e. The van der Waals surface area contributed by atoms with Gasteiger partial charge in [0.1, 0.15) is 28.1 Å². The van der Waals surface area contributed by atoms with E-state index in [1.165, 1.54) is 18.2 Å². The summed E-state index contributed by atoms with van der Waals surface area (Å²) in [5.74, 6) is -1.57. The Bertz CT molecular complexity index is 1050. The maximum Gasteiger partial charge on any atom is 0.343 e. The second kappa shape index (κ2) is 9.04. The predicted octanol–water partition coefficient (Wildman–Crippen LogP) is 2.22. The minimum atomic E-state index is -3.71. The highest BCUT2D eigenvalue weighted by Crippen LogP contribution is 2.32. The molecule has 3 rings (SSSR count). The first-order valence-corrected chi connectivity index (χ1v) is 10.8. The van der Waals surface area contributed by atoms with Crippen LogP contribution in [0.2, 0.25) is 0 Å². The van der Waals surface area contributed by atoms with Gasteiger partial charge in [0.05, 0.1) is 19.6 Å². The molecule has 10 heteroatoms. The number of rotatable bonds is 9. The van der Waals surface area contributed by atoms with E-state index in [2.05, 4.69) is 0 Å². The van der Waals surface area contributed by atoms with E-state index in [0.29, 0.717) is 30.8 Å². The van der Waals surface area contributed by atoms with Gasteiger partial charge >= 0.3 is 5.97 Å². The first-order chi connectivity index (χ1) is 14.3. The van der Waals surface area contributed by atoms with Gasteiger partial charge in [-0.05, 0) is 42.7 Å². The van der Waals surface area contributed by atoms with Crippen LogP contribution in [0.15, 0.2) is 42.5 Å². The van der Waals surface area contributed by atoms with Gasteiger partial charge in [-0.3, -0.25) is 9.52 Å². The minimum absolute atomic E-state index is 0.0945. The van der Waals surface area contributed by atoms with Gasteiger partial charge in [-0.1, -0.05) is 18.2 Å². The van der Waals surface area contributed by atoms with Crippen molar-refractivity contribution in [3.63, 3.8) is 0 Å². The number of ether oxygens (including phenoxy) is 2. The van der Waals surface area contributed by atoms with Crippen molar-refractivity contribution in [2.75, 3.05) is 13.2 Å². The Morgan fingerprint density at radius 2 is 1.80 bits per heavy atom. The molecule has 9 nitrogen and oxygen atoms in total. The van der Waals surface area contributed by atoms with Crippen molar-refractivity contribution in [3.8, 4) is 17.2 Å². The highest BCUT2D eigenvalue weighted by atomic mass is 32.2. The maximum atomic E-state index is 12.0. The lowest BCUT2D eigenvalue weighted by molar-refractivity contribution is -0.118. The molecule has 3 N–H and O–H groups in total. The van der Waals surface area contributed by atoms with Crippen LogP contribution in [0.1, 0.15) is 40.4 Å². The number of unbranched alkanes of at least 4 members (excludes halogenated alkanes) is 1. The number of aromatic carboxylic acids is 1. The van der Waals surface area contributed by atoms with Gasteiger partial charge < -0.3 is 19.7 Å². The molecule has 1 unspecified atom stereocenters. The molecule has 160 valence electrons. The maximum absolute atomic E-state index is 12.0. The average molecular weight is 435 g/mol. The number of amides is 1. The van der Waals surface area contributed by atoms with E-state index in [9.17, 15) is 23.1 Å². The molecule has 0 saturated carbocycles. The number of carboxylic acids is 1. The third-order valence-electron chi connectivity index (χ3n) is 4.51. The highest BCUT2D eigenvalue weighted by Gasteiger charge is 2.37. The number of hydrogen-bond donors (Lipinski definition) is 3. The number of hydrogen-bond acceptors (Lipinski definition) is 7. The summed E-state index contributed by atoms with van der Waals surface area (Å²) in [5, 5.41) is 17.9. The summed E-state index contributed by atoms with van der Waals surface area (Å²) in [6.07, 6.45) is 1.06. The number of sulfonamides is 1. The van der Waals surface area contributed by atoms with E-state index in [1.54, 1.807) is 24.3 Å². The number of nitrogens with one attached hydrogen (secondary N) is 1. The molecule has 1 amide bonds. The normalized spacial score (nSPS) is 17.3. The van der Waals surface area contributed by atoms with Gasteiger partial charge in [0.15, 0.2) is 0 Å². The zero-order chi connectivity index (χ0) is 21.7. The summed E-state index contributed by atoms with van der Waals surface area (Å²) < 4.78 is 37.0. The lowest BCUT2D eigenvalue weighted by Gasteiger charge is -2.12. The smallest absolute Gasteiger partial charge is 0.343 e. The molecule has 1 heterocycles. The Hall–Kier alpha value is -3.27. The fourth-order valence-corrected chi connectivity index (χ4v) is 4.50. The zero-order valence-corrected chi connectivity index (χ0v) is 16.7. The first-order valence-electron chi connectivity index (χ1n) is 9.23. The van der Waals surface area contributed by atoms with Crippen LogP contribution in [0.5, 0.6) is 17.2 Å². The highest BCUT2D eigenvalue weighted by molar-refractivity contribution is 7.90.